The van der Waals surface area contributed by atoms with Crippen LogP contribution in [0.15, 0.2) is 29.6 Å². The summed E-state index contributed by atoms with van der Waals surface area (Å²) < 4.78 is 3.91. The standard InChI is InChI=1S/C13H17N3S/c1-3-10-4-6-11(7-5-10)8-12(14-2)13-9-17-16-15-13/h4-7,9,12,14H,3,8H2,1-2H3. The molecule has 1 atom stereocenters. The largest absolute Gasteiger partial charge is 0.311 e. The second-order valence-corrected chi connectivity index (χ2v) is 4.66. The normalized spacial score (nSPS) is 12.6. The highest BCUT2D eigenvalue weighted by Gasteiger charge is 2.12. The highest BCUT2D eigenvalue weighted by atomic mass is 32.1. The smallest absolute Gasteiger partial charge is 0.0928 e. The molecule has 17 heavy (non-hydrogen) atoms. The summed E-state index contributed by atoms with van der Waals surface area (Å²) in [6.07, 6.45) is 2.04. The molecule has 0 bridgehead atoms. The van der Waals surface area contributed by atoms with Crippen LogP contribution in [0.1, 0.15) is 29.8 Å². The van der Waals surface area contributed by atoms with Crippen molar-refractivity contribution >= 4 is 11.5 Å². The molecular weight excluding hydrogens is 230 g/mol. The molecule has 0 radical (unpaired) electrons. The first-order chi connectivity index (χ1) is 8.33. The number of aryl methyl sites for hydroxylation is 1. The Hall–Kier alpha value is -1.26. The molecule has 1 aromatic carbocycles. The molecule has 4 heteroatoms. The SMILES string of the molecule is CCc1ccc(CC(NC)c2csnn2)cc1. The molecule has 1 unspecified atom stereocenters. The van der Waals surface area contributed by atoms with Crippen molar-refractivity contribution in [3.8, 4) is 0 Å². The summed E-state index contributed by atoms with van der Waals surface area (Å²) in [5.74, 6) is 0. The summed E-state index contributed by atoms with van der Waals surface area (Å²) in [5.41, 5.74) is 3.73. The van der Waals surface area contributed by atoms with E-state index >= 15 is 0 Å². The van der Waals surface area contributed by atoms with Gasteiger partial charge in [0.05, 0.1) is 11.7 Å². The van der Waals surface area contributed by atoms with Gasteiger partial charge in [-0.3, -0.25) is 0 Å². The zero-order chi connectivity index (χ0) is 12.1. The van der Waals surface area contributed by atoms with Crippen LogP contribution in [0.25, 0.3) is 0 Å². The van der Waals surface area contributed by atoms with E-state index in [1.54, 1.807) is 0 Å². The first-order valence-electron chi connectivity index (χ1n) is 5.85. The summed E-state index contributed by atoms with van der Waals surface area (Å²) in [6.45, 7) is 2.17. The lowest BCUT2D eigenvalue weighted by atomic mass is 10.0. The van der Waals surface area contributed by atoms with Gasteiger partial charge in [0.25, 0.3) is 0 Å². The van der Waals surface area contributed by atoms with Crippen LogP contribution in [0, 0.1) is 0 Å². The zero-order valence-corrected chi connectivity index (χ0v) is 11.0. The van der Waals surface area contributed by atoms with Gasteiger partial charge in [-0.2, -0.15) is 0 Å². The van der Waals surface area contributed by atoms with Crippen molar-refractivity contribution in [1.29, 1.82) is 0 Å². The van der Waals surface area contributed by atoms with E-state index in [9.17, 15) is 0 Å². The van der Waals surface area contributed by atoms with Gasteiger partial charge in [-0.25, -0.2) is 0 Å². The van der Waals surface area contributed by atoms with Crippen LogP contribution >= 0.6 is 11.5 Å². The Balaban J connectivity index is 2.07. The Kier molecular flexibility index (Phi) is 4.23. The second-order valence-electron chi connectivity index (χ2n) is 4.05. The molecule has 0 fully saturated rings. The highest BCUT2D eigenvalue weighted by molar-refractivity contribution is 7.03. The Labute approximate surface area is 106 Å². The number of likely N-dealkylation sites (N-methyl/N-ethyl adjacent to an activating group) is 1. The van der Waals surface area contributed by atoms with Crippen molar-refractivity contribution in [3.63, 3.8) is 0 Å². The van der Waals surface area contributed by atoms with E-state index in [1.165, 1.54) is 22.7 Å². The van der Waals surface area contributed by atoms with Crippen LogP contribution in [-0.4, -0.2) is 16.6 Å². The Morgan fingerprint density at radius 3 is 2.47 bits per heavy atom. The molecule has 0 spiro atoms. The maximum atomic E-state index is 4.12. The van der Waals surface area contributed by atoms with Crippen molar-refractivity contribution in [2.45, 2.75) is 25.8 Å². The fourth-order valence-corrected chi connectivity index (χ4v) is 2.33. The lowest BCUT2D eigenvalue weighted by Crippen LogP contribution is -2.19. The Morgan fingerprint density at radius 2 is 1.94 bits per heavy atom. The van der Waals surface area contributed by atoms with Crippen LogP contribution in [0.2, 0.25) is 0 Å². The van der Waals surface area contributed by atoms with E-state index in [4.69, 9.17) is 0 Å². The fraction of sp³-hybridized carbons (Fsp3) is 0.385. The summed E-state index contributed by atoms with van der Waals surface area (Å²) >= 11 is 1.40. The Morgan fingerprint density at radius 1 is 1.24 bits per heavy atom. The average Bonchev–Trinajstić information content (AvgIpc) is 2.90. The van der Waals surface area contributed by atoms with Crippen molar-refractivity contribution in [2.24, 2.45) is 0 Å². The molecule has 0 saturated carbocycles. The van der Waals surface area contributed by atoms with Gasteiger partial charge in [-0.1, -0.05) is 35.7 Å². The monoisotopic (exact) mass is 247 g/mol. The molecule has 0 amide bonds. The minimum Gasteiger partial charge on any atom is -0.311 e. The third-order valence-electron chi connectivity index (χ3n) is 2.95. The zero-order valence-electron chi connectivity index (χ0n) is 10.2. The molecule has 0 aliphatic carbocycles. The molecule has 2 aromatic rings. The summed E-state index contributed by atoms with van der Waals surface area (Å²) in [6, 6.07) is 9.04. The van der Waals surface area contributed by atoms with E-state index in [2.05, 4.69) is 46.1 Å². The lowest BCUT2D eigenvalue weighted by molar-refractivity contribution is 0.574. The molecule has 1 heterocycles. The number of aromatic nitrogens is 2. The molecule has 0 aliphatic rings. The third kappa shape index (κ3) is 3.11. The van der Waals surface area contributed by atoms with E-state index in [0.29, 0.717) is 0 Å². The lowest BCUT2D eigenvalue weighted by Gasteiger charge is -2.13. The highest BCUT2D eigenvalue weighted by Crippen LogP contribution is 2.17. The molecule has 90 valence electrons. The summed E-state index contributed by atoms with van der Waals surface area (Å²) in [4.78, 5) is 0. The topological polar surface area (TPSA) is 37.8 Å². The van der Waals surface area contributed by atoms with E-state index in [1.807, 2.05) is 12.4 Å². The second kappa shape index (κ2) is 5.89. The van der Waals surface area contributed by atoms with Gasteiger partial charge < -0.3 is 5.32 Å². The molecule has 0 aliphatic heterocycles. The summed E-state index contributed by atoms with van der Waals surface area (Å²) in [7, 11) is 1.96. The van der Waals surface area contributed by atoms with Crippen LogP contribution in [0.5, 0.6) is 0 Å². The van der Waals surface area contributed by atoms with Gasteiger partial charge in [0.1, 0.15) is 0 Å². The predicted octanol–water partition coefficient (Wildman–Crippen LogP) is 2.60. The molecule has 1 aromatic heterocycles. The maximum Gasteiger partial charge on any atom is 0.0928 e. The third-order valence-corrected chi connectivity index (χ3v) is 3.48. The number of hydrogen-bond donors (Lipinski definition) is 1. The van der Waals surface area contributed by atoms with Gasteiger partial charge in [0.2, 0.25) is 0 Å². The quantitative estimate of drug-likeness (QED) is 0.882. The molecule has 3 nitrogen and oxygen atoms in total. The number of nitrogens with zero attached hydrogens (tertiary/aromatic N) is 2. The van der Waals surface area contributed by atoms with Crippen LogP contribution < -0.4 is 5.32 Å². The van der Waals surface area contributed by atoms with Crippen LogP contribution in [-0.2, 0) is 12.8 Å². The van der Waals surface area contributed by atoms with Crippen molar-refractivity contribution in [2.75, 3.05) is 7.05 Å². The number of rotatable bonds is 5. The minimum atomic E-state index is 0.251. The van der Waals surface area contributed by atoms with E-state index < -0.39 is 0 Å². The number of benzene rings is 1. The number of nitrogens with one attached hydrogen (secondary N) is 1. The van der Waals surface area contributed by atoms with Crippen LogP contribution in [0.4, 0.5) is 0 Å². The van der Waals surface area contributed by atoms with Gasteiger partial charge in [-0.05, 0) is 42.5 Å². The van der Waals surface area contributed by atoms with Crippen molar-refractivity contribution in [1.82, 2.24) is 14.9 Å². The first kappa shape index (κ1) is 12.2. The van der Waals surface area contributed by atoms with Crippen molar-refractivity contribution < 1.29 is 0 Å². The first-order valence-corrected chi connectivity index (χ1v) is 6.69. The predicted molar refractivity (Wildman–Crippen MR) is 71.2 cm³/mol. The minimum absolute atomic E-state index is 0.251. The van der Waals surface area contributed by atoms with E-state index in [-0.39, 0.29) is 6.04 Å². The Bertz CT molecular complexity index is 436. The fourth-order valence-electron chi connectivity index (χ4n) is 1.82. The average molecular weight is 247 g/mol. The summed E-state index contributed by atoms with van der Waals surface area (Å²) in [5, 5.41) is 9.41. The molecule has 1 N–H and O–H groups in total. The van der Waals surface area contributed by atoms with Gasteiger partial charge in [0, 0.05) is 5.38 Å². The van der Waals surface area contributed by atoms with Gasteiger partial charge in [0.15, 0.2) is 0 Å². The van der Waals surface area contributed by atoms with Gasteiger partial charge >= 0.3 is 0 Å². The van der Waals surface area contributed by atoms with E-state index in [0.717, 1.165) is 18.5 Å². The van der Waals surface area contributed by atoms with Gasteiger partial charge in [-0.15, -0.1) is 5.10 Å². The van der Waals surface area contributed by atoms with Crippen molar-refractivity contribution in [3.05, 3.63) is 46.5 Å². The number of hydrogen-bond acceptors (Lipinski definition) is 4. The maximum absolute atomic E-state index is 4.12. The molecule has 0 saturated heterocycles. The molecule has 2 rings (SSSR count). The van der Waals surface area contributed by atoms with Crippen LogP contribution in [0.3, 0.4) is 0 Å². The molecular formula is C13H17N3S.